The van der Waals surface area contributed by atoms with Crippen LogP contribution in [0.15, 0.2) is 42.7 Å². The van der Waals surface area contributed by atoms with Crippen molar-refractivity contribution in [3.8, 4) is 11.5 Å². The predicted octanol–water partition coefficient (Wildman–Crippen LogP) is 2.04. The highest BCUT2D eigenvalue weighted by Crippen LogP contribution is 2.25. The van der Waals surface area contributed by atoms with Crippen LogP contribution in [0.1, 0.15) is 0 Å². The lowest BCUT2D eigenvalue weighted by Gasteiger charge is -2.06. The molecule has 0 aliphatic heterocycles. The first kappa shape index (κ1) is 9.33. The van der Waals surface area contributed by atoms with Gasteiger partial charge in [-0.15, -0.1) is 0 Å². The second-order valence-corrected chi connectivity index (χ2v) is 3.08. The standard InChI is InChI=1S/C11H11N3O/c12-10-2-1-9(7-11(10)13)15-8-3-5-14-6-4-8/h1-7H,12-13H2. The summed E-state index contributed by atoms with van der Waals surface area (Å²) in [7, 11) is 0. The number of aromatic nitrogens is 1. The minimum Gasteiger partial charge on any atom is -0.457 e. The lowest BCUT2D eigenvalue weighted by Crippen LogP contribution is -1.94. The van der Waals surface area contributed by atoms with E-state index in [0.29, 0.717) is 22.9 Å². The minimum atomic E-state index is 0.515. The maximum atomic E-state index is 5.66. The number of benzene rings is 1. The molecule has 0 fully saturated rings. The van der Waals surface area contributed by atoms with Gasteiger partial charge in [-0.25, -0.2) is 0 Å². The first-order valence-corrected chi connectivity index (χ1v) is 4.48. The summed E-state index contributed by atoms with van der Waals surface area (Å²) in [5.74, 6) is 1.38. The molecule has 4 nitrogen and oxygen atoms in total. The van der Waals surface area contributed by atoms with Crippen molar-refractivity contribution in [2.24, 2.45) is 0 Å². The molecule has 4 heteroatoms. The van der Waals surface area contributed by atoms with Crippen LogP contribution in [-0.2, 0) is 0 Å². The lowest BCUT2D eigenvalue weighted by molar-refractivity contribution is 0.482. The third-order valence-corrected chi connectivity index (χ3v) is 1.94. The fourth-order valence-electron chi connectivity index (χ4n) is 1.16. The SMILES string of the molecule is Nc1ccc(Oc2ccncc2)cc1N. The molecule has 0 unspecified atom stereocenters. The Morgan fingerprint density at radius 1 is 0.867 bits per heavy atom. The van der Waals surface area contributed by atoms with Crippen molar-refractivity contribution in [3.63, 3.8) is 0 Å². The third kappa shape index (κ3) is 2.17. The molecule has 0 saturated heterocycles. The summed E-state index contributed by atoms with van der Waals surface area (Å²) in [6.45, 7) is 0. The van der Waals surface area contributed by atoms with Gasteiger partial charge in [0.1, 0.15) is 11.5 Å². The molecule has 0 spiro atoms. The van der Waals surface area contributed by atoms with Gasteiger partial charge in [0.2, 0.25) is 0 Å². The quantitative estimate of drug-likeness (QED) is 0.729. The number of pyridine rings is 1. The Hall–Kier alpha value is -2.23. The zero-order valence-corrected chi connectivity index (χ0v) is 8.05. The first-order chi connectivity index (χ1) is 7.25. The van der Waals surface area contributed by atoms with Crippen LogP contribution in [0.2, 0.25) is 0 Å². The van der Waals surface area contributed by atoms with Crippen molar-refractivity contribution in [1.29, 1.82) is 0 Å². The fraction of sp³-hybridized carbons (Fsp3) is 0. The number of anilines is 2. The molecule has 0 aliphatic rings. The van der Waals surface area contributed by atoms with E-state index in [1.54, 1.807) is 42.7 Å². The van der Waals surface area contributed by atoms with Crippen LogP contribution in [0.4, 0.5) is 11.4 Å². The number of nitrogen functional groups attached to an aromatic ring is 2. The highest BCUT2D eigenvalue weighted by molar-refractivity contribution is 5.65. The van der Waals surface area contributed by atoms with Gasteiger partial charge < -0.3 is 16.2 Å². The molecule has 15 heavy (non-hydrogen) atoms. The molecular formula is C11H11N3O. The summed E-state index contributed by atoms with van der Waals surface area (Å²) in [6.07, 6.45) is 3.33. The van der Waals surface area contributed by atoms with Gasteiger partial charge in [-0.1, -0.05) is 0 Å². The molecule has 0 bridgehead atoms. The molecule has 1 aromatic carbocycles. The maximum absolute atomic E-state index is 5.66. The normalized spacial score (nSPS) is 9.87. The van der Waals surface area contributed by atoms with Crippen molar-refractivity contribution >= 4 is 11.4 Å². The largest absolute Gasteiger partial charge is 0.457 e. The van der Waals surface area contributed by atoms with Gasteiger partial charge in [-0.05, 0) is 24.3 Å². The van der Waals surface area contributed by atoms with Crippen molar-refractivity contribution in [1.82, 2.24) is 4.98 Å². The van der Waals surface area contributed by atoms with E-state index in [9.17, 15) is 0 Å². The molecule has 1 heterocycles. The molecule has 2 rings (SSSR count). The summed E-state index contributed by atoms with van der Waals surface area (Å²) < 4.78 is 5.54. The van der Waals surface area contributed by atoms with Gasteiger partial charge in [-0.2, -0.15) is 0 Å². The van der Waals surface area contributed by atoms with Crippen molar-refractivity contribution < 1.29 is 4.74 Å². The summed E-state index contributed by atoms with van der Waals surface area (Å²) in [4.78, 5) is 3.89. The van der Waals surface area contributed by atoms with Crippen molar-refractivity contribution in [3.05, 3.63) is 42.7 Å². The van der Waals surface area contributed by atoms with E-state index in [1.165, 1.54) is 0 Å². The van der Waals surface area contributed by atoms with Crippen LogP contribution in [0, 0.1) is 0 Å². The van der Waals surface area contributed by atoms with E-state index >= 15 is 0 Å². The van der Waals surface area contributed by atoms with Crippen molar-refractivity contribution in [2.75, 3.05) is 11.5 Å². The Balaban J connectivity index is 2.22. The minimum absolute atomic E-state index is 0.515. The Labute approximate surface area is 87.5 Å². The highest BCUT2D eigenvalue weighted by atomic mass is 16.5. The van der Waals surface area contributed by atoms with E-state index in [-0.39, 0.29) is 0 Å². The monoisotopic (exact) mass is 201 g/mol. The van der Waals surface area contributed by atoms with Crippen LogP contribution in [0.3, 0.4) is 0 Å². The van der Waals surface area contributed by atoms with Crippen LogP contribution in [0.25, 0.3) is 0 Å². The summed E-state index contributed by atoms with van der Waals surface area (Å²) in [5, 5.41) is 0. The smallest absolute Gasteiger partial charge is 0.130 e. The average molecular weight is 201 g/mol. The van der Waals surface area contributed by atoms with Gasteiger partial charge in [0, 0.05) is 18.5 Å². The third-order valence-electron chi connectivity index (χ3n) is 1.94. The molecule has 2 aromatic rings. The van der Waals surface area contributed by atoms with E-state index in [4.69, 9.17) is 16.2 Å². The second-order valence-electron chi connectivity index (χ2n) is 3.08. The predicted molar refractivity (Wildman–Crippen MR) is 59.6 cm³/mol. The number of nitrogens with zero attached hydrogens (tertiary/aromatic N) is 1. The molecule has 1 aromatic heterocycles. The Kier molecular flexibility index (Phi) is 2.41. The molecular weight excluding hydrogens is 190 g/mol. The number of nitrogens with two attached hydrogens (primary N) is 2. The Bertz CT molecular complexity index is 457. The topological polar surface area (TPSA) is 74.2 Å². The molecule has 0 aliphatic carbocycles. The summed E-state index contributed by atoms with van der Waals surface area (Å²) in [6, 6.07) is 8.72. The molecule has 0 saturated carbocycles. The molecule has 0 amide bonds. The van der Waals surface area contributed by atoms with E-state index in [2.05, 4.69) is 4.98 Å². The maximum Gasteiger partial charge on any atom is 0.130 e. The molecule has 0 atom stereocenters. The zero-order chi connectivity index (χ0) is 10.7. The van der Waals surface area contributed by atoms with Crippen LogP contribution in [0.5, 0.6) is 11.5 Å². The van der Waals surface area contributed by atoms with Gasteiger partial charge in [0.25, 0.3) is 0 Å². The molecule has 76 valence electrons. The van der Waals surface area contributed by atoms with E-state index in [1.807, 2.05) is 0 Å². The van der Waals surface area contributed by atoms with Gasteiger partial charge in [0.05, 0.1) is 11.4 Å². The highest BCUT2D eigenvalue weighted by Gasteiger charge is 1.99. The van der Waals surface area contributed by atoms with Crippen LogP contribution >= 0.6 is 0 Å². The lowest BCUT2D eigenvalue weighted by atomic mass is 10.2. The van der Waals surface area contributed by atoms with Crippen LogP contribution < -0.4 is 16.2 Å². The fourth-order valence-corrected chi connectivity index (χ4v) is 1.16. The molecule has 0 radical (unpaired) electrons. The Morgan fingerprint density at radius 2 is 1.60 bits per heavy atom. The van der Waals surface area contributed by atoms with Crippen LogP contribution in [-0.4, -0.2) is 4.98 Å². The average Bonchev–Trinajstić information content (AvgIpc) is 2.25. The van der Waals surface area contributed by atoms with Gasteiger partial charge in [-0.3, -0.25) is 4.98 Å². The zero-order valence-electron chi connectivity index (χ0n) is 8.05. The summed E-state index contributed by atoms with van der Waals surface area (Å²) >= 11 is 0. The summed E-state index contributed by atoms with van der Waals surface area (Å²) in [5.41, 5.74) is 12.3. The van der Waals surface area contributed by atoms with E-state index in [0.717, 1.165) is 0 Å². The number of hydrogen-bond acceptors (Lipinski definition) is 4. The molecule has 4 N–H and O–H groups in total. The number of ether oxygens (including phenoxy) is 1. The van der Waals surface area contributed by atoms with Gasteiger partial charge in [0.15, 0.2) is 0 Å². The second kappa shape index (κ2) is 3.88. The van der Waals surface area contributed by atoms with E-state index < -0.39 is 0 Å². The Morgan fingerprint density at radius 3 is 2.27 bits per heavy atom. The number of hydrogen-bond donors (Lipinski definition) is 2. The van der Waals surface area contributed by atoms with Crippen molar-refractivity contribution in [2.45, 2.75) is 0 Å². The number of rotatable bonds is 2. The van der Waals surface area contributed by atoms with Gasteiger partial charge >= 0.3 is 0 Å². The first-order valence-electron chi connectivity index (χ1n) is 4.48.